The highest BCUT2D eigenvalue weighted by Crippen LogP contribution is 2.45. The summed E-state index contributed by atoms with van der Waals surface area (Å²) < 4.78 is 13.4. The molecular formula is C59H52N2O2. The summed E-state index contributed by atoms with van der Waals surface area (Å²) >= 11 is 0. The first-order chi connectivity index (χ1) is 30.4. The van der Waals surface area contributed by atoms with Crippen molar-refractivity contribution in [3.63, 3.8) is 0 Å². The lowest BCUT2D eigenvalue weighted by molar-refractivity contribution is 0.590. The molecule has 1 aliphatic carbocycles. The van der Waals surface area contributed by atoms with Crippen LogP contribution in [0.5, 0.6) is 0 Å². The van der Waals surface area contributed by atoms with Crippen molar-refractivity contribution in [2.75, 3.05) is 9.80 Å². The summed E-state index contributed by atoms with van der Waals surface area (Å²) in [6.07, 6.45) is 7.75. The van der Waals surface area contributed by atoms with Gasteiger partial charge in [-0.3, -0.25) is 0 Å². The molecule has 0 aliphatic heterocycles. The topological polar surface area (TPSA) is 32.8 Å². The third-order valence-corrected chi connectivity index (χ3v) is 13.1. The molecule has 4 nitrogen and oxygen atoms in total. The van der Waals surface area contributed by atoms with Crippen molar-refractivity contribution in [1.29, 1.82) is 0 Å². The Morgan fingerprint density at radius 1 is 0.444 bits per heavy atom. The summed E-state index contributed by atoms with van der Waals surface area (Å²) in [6.45, 7) is 15.9. The molecule has 2 aromatic heterocycles. The summed E-state index contributed by atoms with van der Waals surface area (Å²) in [7, 11) is 0. The van der Waals surface area contributed by atoms with Gasteiger partial charge in [0.15, 0.2) is 0 Å². The molecule has 2 heterocycles. The van der Waals surface area contributed by atoms with Gasteiger partial charge in [-0.25, -0.2) is 0 Å². The summed E-state index contributed by atoms with van der Waals surface area (Å²) in [5.41, 5.74) is 13.2. The van der Waals surface area contributed by atoms with E-state index in [1.807, 2.05) is 0 Å². The second kappa shape index (κ2) is 14.5. The predicted octanol–water partition coefficient (Wildman–Crippen LogP) is 17.5. The van der Waals surface area contributed by atoms with Crippen molar-refractivity contribution < 1.29 is 8.83 Å². The van der Waals surface area contributed by atoms with Gasteiger partial charge < -0.3 is 18.6 Å². The minimum absolute atomic E-state index is 0.0788. The molecule has 0 radical (unpaired) electrons. The molecule has 4 heteroatoms. The van der Waals surface area contributed by atoms with Crippen molar-refractivity contribution in [1.82, 2.24) is 0 Å². The SMILES string of the molecule is CC1CC=CC=C1N(c1ccc(C(C)(C)C)cc1)c1ccc2cc3c(cc2c1)oc1ccc2oc4cc5cc(N(c6ccccc6)c6ccc(C(C)(C)C)cc6)ccc5cc4c2c13. The van der Waals surface area contributed by atoms with Gasteiger partial charge in [0.2, 0.25) is 0 Å². The zero-order valence-electron chi connectivity index (χ0n) is 37.2. The molecule has 310 valence electrons. The second-order valence-electron chi connectivity index (χ2n) is 19.5. The predicted molar refractivity (Wildman–Crippen MR) is 268 cm³/mol. The zero-order valence-corrected chi connectivity index (χ0v) is 37.2. The van der Waals surface area contributed by atoms with E-state index in [9.17, 15) is 0 Å². The Labute approximate surface area is 369 Å². The van der Waals surface area contributed by atoms with Crippen molar-refractivity contribution in [2.45, 2.75) is 65.7 Å². The van der Waals surface area contributed by atoms with Gasteiger partial charge in [0.05, 0.1) is 0 Å². The molecule has 11 rings (SSSR count). The number of hydrogen-bond acceptors (Lipinski definition) is 4. The quantitative estimate of drug-likeness (QED) is 0.167. The average Bonchev–Trinajstić information content (AvgIpc) is 3.82. The fraction of sp³-hybridized carbons (Fsp3) is 0.186. The van der Waals surface area contributed by atoms with Crippen LogP contribution in [-0.4, -0.2) is 0 Å². The number of allylic oxidation sites excluding steroid dienone is 4. The van der Waals surface area contributed by atoms with Gasteiger partial charge in [0.1, 0.15) is 22.3 Å². The van der Waals surface area contributed by atoms with Crippen LogP contribution < -0.4 is 9.80 Å². The lowest BCUT2D eigenvalue weighted by Gasteiger charge is -2.33. The van der Waals surface area contributed by atoms with Gasteiger partial charge in [-0.1, -0.05) is 115 Å². The second-order valence-corrected chi connectivity index (χ2v) is 19.5. The maximum atomic E-state index is 6.71. The Hall–Kier alpha value is -7.04. The summed E-state index contributed by atoms with van der Waals surface area (Å²) in [6, 6.07) is 55.4. The number of furan rings is 2. The van der Waals surface area contributed by atoms with Gasteiger partial charge >= 0.3 is 0 Å². The number of anilines is 5. The van der Waals surface area contributed by atoms with Gasteiger partial charge in [0, 0.05) is 61.6 Å². The Kier molecular flexibility index (Phi) is 8.96. The molecule has 0 saturated carbocycles. The molecule has 0 amide bonds. The minimum Gasteiger partial charge on any atom is -0.456 e. The van der Waals surface area contributed by atoms with Crippen LogP contribution in [-0.2, 0) is 10.8 Å². The maximum absolute atomic E-state index is 6.71. The molecule has 63 heavy (non-hydrogen) atoms. The number of benzene rings is 8. The van der Waals surface area contributed by atoms with E-state index in [1.54, 1.807) is 0 Å². The van der Waals surface area contributed by atoms with Crippen LogP contribution in [0.25, 0.3) is 65.4 Å². The van der Waals surface area contributed by atoms with Gasteiger partial charge in [0.25, 0.3) is 0 Å². The highest BCUT2D eigenvalue weighted by molar-refractivity contribution is 6.27. The molecule has 1 aliphatic rings. The van der Waals surface area contributed by atoms with Crippen LogP contribution >= 0.6 is 0 Å². The van der Waals surface area contributed by atoms with E-state index < -0.39 is 0 Å². The molecule has 8 aromatic carbocycles. The third kappa shape index (κ3) is 6.76. The largest absolute Gasteiger partial charge is 0.456 e. The fourth-order valence-corrected chi connectivity index (χ4v) is 9.59. The molecule has 1 atom stereocenters. The zero-order chi connectivity index (χ0) is 43.2. The Balaban J connectivity index is 1.01. The van der Waals surface area contributed by atoms with E-state index >= 15 is 0 Å². The molecular weight excluding hydrogens is 769 g/mol. The first-order valence-electron chi connectivity index (χ1n) is 22.3. The van der Waals surface area contributed by atoms with Crippen LogP contribution in [0.3, 0.4) is 0 Å². The van der Waals surface area contributed by atoms with Crippen molar-refractivity contribution in [2.24, 2.45) is 5.92 Å². The Morgan fingerprint density at radius 2 is 0.905 bits per heavy atom. The first-order valence-corrected chi connectivity index (χ1v) is 22.3. The van der Waals surface area contributed by atoms with Crippen LogP contribution in [0.4, 0.5) is 28.4 Å². The maximum Gasteiger partial charge on any atom is 0.136 e. The standard InChI is InChI=1S/C59H52N2O2/c1-37-13-11-12-16-51(37)61(46-27-21-43(22-28-46)59(5,6)7)48-24-18-39-34-50-55(36-41(39)32-48)63-53-30-29-52-56(57(50)53)49-33-38-17-23-47(31-40(38)35-54(49)62-52)60(44-14-9-8-10-15-44)45-25-19-42(20-26-45)58(2,3)4/h8-12,14-37H,13H2,1-7H3. The highest BCUT2D eigenvalue weighted by Gasteiger charge is 2.24. The van der Waals surface area contributed by atoms with Crippen molar-refractivity contribution >= 4 is 93.9 Å². The molecule has 0 saturated heterocycles. The van der Waals surface area contributed by atoms with Crippen LogP contribution in [0.1, 0.15) is 66.0 Å². The van der Waals surface area contributed by atoms with E-state index in [-0.39, 0.29) is 10.8 Å². The minimum atomic E-state index is 0.0788. The molecule has 0 N–H and O–H groups in total. The summed E-state index contributed by atoms with van der Waals surface area (Å²) in [4.78, 5) is 4.76. The Morgan fingerprint density at radius 3 is 1.40 bits per heavy atom. The number of hydrogen-bond donors (Lipinski definition) is 0. The number of fused-ring (bicyclic) bond motifs is 9. The van der Waals surface area contributed by atoms with Gasteiger partial charge in [-0.2, -0.15) is 0 Å². The number of para-hydroxylation sites is 1. The lowest BCUT2D eigenvalue weighted by atomic mass is 9.87. The highest BCUT2D eigenvalue weighted by atomic mass is 16.3. The van der Waals surface area contributed by atoms with E-state index in [0.717, 1.165) is 94.9 Å². The number of rotatable bonds is 6. The lowest BCUT2D eigenvalue weighted by Crippen LogP contribution is -2.22. The van der Waals surface area contributed by atoms with Crippen LogP contribution in [0.15, 0.2) is 184 Å². The van der Waals surface area contributed by atoms with Gasteiger partial charge in [-0.05, 0) is 153 Å². The monoisotopic (exact) mass is 820 g/mol. The molecule has 0 fully saturated rings. The summed E-state index contributed by atoms with van der Waals surface area (Å²) in [5, 5.41) is 8.94. The van der Waals surface area contributed by atoms with Crippen molar-refractivity contribution in [3.8, 4) is 0 Å². The van der Waals surface area contributed by atoms with Crippen molar-refractivity contribution in [3.05, 3.63) is 187 Å². The van der Waals surface area contributed by atoms with Crippen LogP contribution in [0, 0.1) is 5.92 Å². The molecule has 0 bridgehead atoms. The fourth-order valence-electron chi connectivity index (χ4n) is 9.59. The summed E-state index contributed by atoms with van der Waals surface area (Å²) in [5.74, 6) is 0.387. The smallest absolute Gasteiger partial charge is 0.136 e. The van der Waals surface area contributed by atoms with E-state index in [0.29, 0.717) is 5.92 Å². The molecule has 10 aromatic rings. The first kappa shape index (κ1) is 38.9. The van der Waals surface area contributed by atoms with Gasteiger partial charge in [-0.15, -0.1) is 0 Å². The van der Waals surface area contributed by atoms with E-state index in [2.05, 4.69) is 228 Å². The van der Waals surface area contributed by atoms with E-state index in [1.165, 1.54) is 22.2 Å². The normalized spacial score (nSPS) is 14.7. The number of nitrogens with zero attached hydrogens (tertiary/aromatic N) is 2. The average molecular weight is 821 g/mol. The molecule has 0 spiro atoms. The van der Waals surface area contributed by atoms with E-state index in [4.69, 9.17) is 8.83 Å². The third-order valence-electron chi connectivity index (χ3n) is 13.1. The molecule has 1 unspecified atom stereocenters. The van der Waals surface area contributed by atoms with Crippen LogP contribution in [0.2, 0.25) is 0 Å². The Bertz CT molecular complexity index is 3440.